The zero-order valence-corrected chi connectivity index (χ0v) is 10.9. The lowest BCUT2D eigenvalue weighted by Gasteiger charge is -2.08. The van der Waals surface area contributed by atoms with Crippen molar-refractivity contribution in [3.05, 3.63) is 47.0 Å². The number of rotatable bonds is 3. The monoisotopic (exact) mass is 287 g/mol. The normalized spacial score (nSPS) is 11.9. The van der Waals surface area contributed by atoms with Gasteiger partial charge in [0.25, 0.3) is 0 Å². The van der Waals surface area contributed by atoms with Crippen molar-refractivity contribution < 1.29 is 17.6 Å². The lowest BCUT2D eigenvalue weighted by molar-refractivity contribution is -0.141. The van der Waals surface area contributed by atoms with E-state index in [9.17, 15) is 17.6 Å². The second-order valence-corrected chi connectivity index (χ2v) is 4.39. The van der Waals surface area contributed by atoms with Gasteiger partial charge in [0, 0.05) is 17.8 Å². The van der Waals surface area contributed by atoms with Gasteiger partial charge >= 0.3 is 6.18 Å². The van der Waals surface area contributed by atoms with E-state index in [0.29, 0.717) is 12.1 Å². The van der Waals surface area contributed by atoms with Crippen LogP contribution in [0.2, 0.25) is 0 Å². The van der Waals surface area contributed by atoms with Gasteiger partial charge in [-0.1, -0.05) is 6.07 Å². The quantitative estimate of drug-likeness (QED) is 0.879. The Labute approximate surface area is 113 Å². The molecule has 0 unspecified atom stereocenters. The third kappa shape index (κ3) is 2.82. The molecule has 0 aliphatic rings. The molecular weight excluding hydrogens is 274 g/mol. The molecular formula is C13H13F4N3. The number of alkyl halides is 3. The highest BCUT2D eigenvalue weighted by Gasteiger charge is 2.34. The maximum atomic E-state index is 13.8. The molecule has 1 N–H and O–H groups in total. The first-order valence-electron chi connectivity index (χ1n) is 5.90. The van der Waals surface area contributed by atoms with E-state index >= 15 is 0 Å². The molecule has 1 aromatic carbocycles. The molecule has 20 heavy (non-hydrogen) atoms. The summed E-state index contributed by atoms with van der Waals surface area (Å²) < 4.78 is 52.6. The summed E-state index contributed by atoms with van der Waals surface area (Å²) in [5.41, 5.74) is 0.000239. The molecule has 0 saturated carbocycles. The molecule has 7 heteroatoms. The summed E-state index contributed by atoms with van der Waals surface area (Å²) in [6.07, 6.45) is -4.51. The lowest BCUT2D eigenvalue weighted by atomic mass is 10.2. The highest BCUT2D eigenvalue weighted by atomic mass is 19.4. The number of nitrogens with one attached hydrogen (secondary N) is 1. The smallest absolute Gasteiger partial charge is 0.316 e. The average molecular weight is 287 g/mol. The van der Waals surface area contributed by atoms with Crippen LogP contribution < -0.4 is 5.32 Å². The van der Waals surface area contributed by atoms with Crippen LogP contribution in [0.4, 0.5) is 17.6 Å². The largest absolute Gasteiger partial charge is 0.435 e. The fraction of sp³-hybridized carbons (Fsp3) is 0.308. The van der Waals surface area contributed by atoms with Gasteiger partial charge in [0.05, 0.1) is 5.69 Å². The Morgan fingerprint density at radius 3 is 2.45 bits per heavy atom. The van der Waals surface area contributed by atoms with Crippen LogP contribution >= 0.6 is 0 Å². The van der Waals surface area contributed by atoms with E-state index in [-0.39, 0.29) is 11.4 Å². The van der Waals surface area contributed by atoms with Crippen LogP contribution in [0.25, 0.3) is 5.69 Å². The lowest BCUT2D eigenvalue weighted by Crippen LogP contribution is -2.09. The van der Waals surface area contributed by atoms with Crippen LogP contribution in [-0.4, -0.2) is 16.8 Å². The molecule has 108 valence electrons. The molecule has 0 amide bonds. The van der Waals surface area contributed by atoms with E-state index in [2.05, 4.69) is 10.4 Å². The van der Waals surface area contributed by atoms with Gasteiger partial charge in [-0.05, 0) is 32.2 Å². The third-order valence-corrected chi connectivity index (χ3v) is 2.83. The van der Waals surface area contributed by atoms with E-state index in [0.717, 1.165) is 10.7 Å². The predicted octanol–water partition coefficient (Wildman–Crippen LogP) is 3.06. The van der Waals surface area contributed by atoms with E-state index in [1.54, 1.807) is 7.05 Å². The van der Waals surface area contributed by atoms with Gasteiger partial charge in [0.2, 0.25) is 0 Å². The third-order valence-electron chi connectivity index (χ3n) is 2.83. The summed E-state index contributed by atoms with van der Waals surface area (Å²) in [7, 11) is 1.68. The molecule has 0 aliphatic heterocycles. The fourth-order valence-corrected chi connectivity index (χ4v) is 1.88. The molecule has 0 saturated heterocycles. The van der Waals surface area contributed by atoms with Crippen molar-refractivity contribution in [2.24, 2.45) is 0 Å². The Morgan fingerprint density at radius 1 is 1.25 bits per heavy atom. The van der Waals surface area contributed by atoms with Crippen molar-refractivity contribution >= 4 is 0 Å². The van der Waals surface area contributed by atoms with E-state index in [4.69, 9.17) is 0 Å². The predicted molar refractivity (Wildman–Crippen MR) is 66.0 cm³/mol. The number of hydrogen-bond acceptors (Lipinski definition) is 2. The van der Waals surface area contributed by atoms with Crippen molar-refractivity contribution in [1.29, 1.82) is 0 Å². The molecule has 0 fully saturated rings. The summed E-state index contributed by atoms with van der Waals surface area (Å²) >= 11 is 0. The van der Waals surface area contributed by atoms with Crippen LogP contribution in [0.3, 0.4) is 0 Å². The minimum absolute atomic E-state index is 0.260. The Balaban J connectivity index is 2.42. The van der Waals surface area contributed by atoms with Crippen LogP contribution in [0, 0.1) is 12.7 Å². The minimum Gasteiger partial charge on any atom is -0.316 e. The molecule has 1 heterocycles. The number of aromatic nitrogens is 2. The van der Waals surface area contributed by atoms with Gasteiger partial charge < -0.3 is 5.32 Å². The molecule has 0 atom stereocenters. The van der Waals surface area contributed by atoms with E-state index in [1.165, 1.54) is 25.1 Å². The van der Waals surface area contributed by atoms with Gasteiger partial charge in [-0.2, -0.15) is 18.3 Å². The van der Waals surface area contributed by atoms with Crippen molar-refractivity contribution in [1.82, 2.24) is 15.1 Å². The van der Waals surface area contributed by atoms with Crippen LogP contribution in [0.15, 0.2) is 24.3 Å². The zero-order chi connectivity index (χ0) is 14.9. The van der Waals surface area contributed by atoms with Crippen LogP contribution in [0.1, 0.15) is 17.0 Å². The van der Waals surface area contributed by atoms with Crippen molar-refractivity contribution in [2.75, 3.05) is 7.05 Å². The second-order valence-electron chi connectivity index (χ2n) is 4.39. The van der Waals surface area contributed by atoms with Crippen LogP contribution in [0.5, 0.6) is 0 Å². The van der Waals surface area contributed by atoms with Crippen molar-refractivity contribution in [3.8, 4) is 5.69 Å². The molecule has 3 nitrogen and oxygen atoms in total. The molecule has 1 aromatic heterocycles. The van der Waals surface area contributed by atoms with Gasteiger partial charge in [-0.25, -0.2) is 9.07 Å². The Kier molecular flexibility index (Phi) is 3.80. The average Bonchev–Trinajstić information content (AvgIpc) is 2.74. The van der Waals surface area contributed by atoms with Crippen molar-refractivity contribution in [3.63, 3.8) is 0 Å². The standard InChI is InChI=1S/C13H13F4N3/c1-8-5-12(13(15,16)17)19-20(8)10-4-3-9(7-18-2)11(14)6-10/h3-6,18H,7H2,1-2H3. The highest BCUT2D eigenvalue weighted by molar-refractivity contribution is 5.37. The molecule has 0 radical (unpaired) electrons. The number of hydrogen-bond donors (Lipinski definition) is 1. The van der Waals surface area contributed by atoms with E-state index in [1.807, 2.05) is 0 Å². The van der Waals surface area contributed by atoms with Crippen molar-refractivity contribution in [2.45, 2.75) is 19.6 Å². The second kappa shape index (κ2) is 5.24. The maximum absolute atomic E-state index is 13.8. The number of benzene rings is 1. The number of halogens is 4. The number of aryl methyl sites for hydroxylation is 1. The van der Waals surface area contributed by atoms with Gasteiger partial charge in [0.1, 0.15) is 5.82 Å². The highest BCUT2D eigenvalue weighted by Crippen LogP contribution is 2.29. The van der Waals surface area contributed by atoms with Gasteiger partial charge in [-0.15, -0.1) is 0 Å². The fourth-order valence-electron chi connectivity index (χ4n) is 1.88. The summed E-state index contributed by atoms with van der Waals surface area (Å²) in [4.78, 5) is 0. The summed E-state index contributed by atoms with van der Waals surface area (Å²) in [6.45, 7) is 1.83. The van der Waals surface area contributed by atoms with Gasteiger partial charge in [0.15, 0.2) is 5.69 Å². The first kappa shape index (κ1) is 14.5. The molecule has 0 aliphatic carbocycles. The van der Waals surface area contributed by atoms with E-state index < -0.39 is 17.7 Å². The molecule has 2 rings (SSSR count). The van der Waals surface area contributed by atoms with Gasteiger partial charge in [-0.3, -0.25) is 0 Å². The molecule has 0 spiro atoms. The zero-order valence-electron chi connectivity index (χ0n) is 10.9. The molecule has 0 bridgehead atoms. The first-order valence-corrected chi connectivity index (χ1v) is 5.90. The summed E-state index contributed by atoms with van der Waals surface area (Å²) in [5, 5.41) is 6.29. The Hall–Kier alpha value is -1.89. The molecule has 2 aromatic rings. The Bertz CT molecular complexity index is 617. The minimum atomic E-state index is -4.51. The number of nitrogens with zero attached hydrogens (tertiary/aromatic N) is 2. The van der Waals surface area contributed by atoms with Crippen LogP contribution in [-0.2, 0) is 12.7 Å². The summed E-state index contributed by atoms with van der Waals surface area (Å²) in [5.74, 6) is -0.486. The SMILES string of the molecule is CNCc1ccc(-n2nc(C(F)(F)F)cc2C)cc1F. The maximum Gasteiger partial charge on any atom is 0.435 e. The topological polar surface area (TPSA) is 29.9 Å². The first-order chi connectivity index (χ1) is 9.32. The summed E-state index contributed by atoms with van der Waals surface area (Å²) in [6, 6.07) is 5.16. The Morgan fingerprint density at radius 2 is 1.95 bits per heavy atom.